The molecule has 3 rings (SSSR count). The van der Waals surface area contributed by atoms with Crippen molar-refractivity contribution < 1.29 is 14.3 Å². The number of amides is 1. The first-order chi connectivity index (χ1) is 12.6. The fraction of sp³-hybridized carbons (Fsp3) is 0.0952. The molecule has 2 aromatic carbocycles. The molecule has 1 aromatic heterocycles. The number of methoxy groups -OCH3 is 1. The summed E-state index contributed by atoms with van der Waals surface area (Å²) >= 11 is 0. The van der Waals surface area contributed by atoms with Gasteiger partial charge in [-0.05, 0) is 23.1 Å². The predicted molar refractivity (Wildman–Crippen MR) is 102 cm³/mol. The van der Waals surface area contributed by atoms with Crippen molar-refractivity contribution in [3.63, 3.8) is 0 Å². The SMILES string of the molecule is CNC(=O)/C=C/c1ccc(-c2nc(C(=O)OC)cc3ccccc23)cc1. The number of carbonyl (C=O) groups excluding carboxylic acids is 2. The van der Waals surface area contributed by atoms with Crippen molar-refractivity contribution in [1.82, 2.24) is 10.3 Å². The highest BCUT2D eigenvalue weighted by Crippen LogP contribution is 2.28. The zero-order chi connectivity index (χ0) is 18.5. The molecular weight excluding hydrogens is 328 g/mol. The van der Waals surface area contributed by atoms with Gasteiger partial charge >= 0.3 is 5.97 Å². The van der Waals surface area contributed by atoms with Gasteiger partial charge in [-0.2, -0.15) is 0 Å². The van der Waals surface area contributed by atoms with Crippen LogP contribution in [-0.2, 0) is 9.53 Å². The topological polar surface area (TPSA) is 68.3 Å². The Hall–Kier alpha value is -3.47. The van der Waals surface area contributed by atoms with E-state index >= 15 is 0 Å². The van der Waals surface area contributed by atoms with Crippen LogP contribution in [-0.4, -0.2) is 31.0 Å². The van der Waals surface area contributed by atoms with E-state index < -0.39 is 5.97 Å². The molecule has 0 aliphatic heterocycles. The van der Waals surface area contributed by atoms with Crippen LogP contribution in [0.4, 0.5) is 0 Å². The van der Waals surface area contributed by atoms with E-state index in [-0.39, 0.29) is 11.6 Å². The van der Waals surface area contributed by atoms with Gasteiger partial charge in [0.2, 0.25) is 5.91 Å². The van der Waals surface area contributed by atoms with Crippen LogP contribution in [0.25, 0.3) is 28.1 Å². The molecule has 3 aromatic rings. The number of pyridine rings is 1. The lowest BCUT2D eigenvalue weighted by Gasteiger charge is -2.09. The molecule has 0 spiro atoms. The molecule has 0 atom stereocenters. The van der Waals surface area contributed by atoms with Gasteiger partial charge < -0.3 is 10.1 Å². The van der Waals surface area contributed by atoms with Crippen molar-refractivity contribution in [3.8, 4) is 11.3 Å². The average molecular weight is 346 g/mol. The summed E-state index contributed by atoms with van der Waals surface area (Å²) in [6, 6.07) is 17.1. The molecule has 0 aliphatic rings. The molecule has 26 heavy (non-hydrogen) atoms. The summed E-state index contributed by atoms with van der Waals surface area (Å²) in [5, 5.41) is 4.41. The molecule has 5 heteroatoms. The molecule has 1 N–H and O–H groups in total. The molecule has 1 amide bonds. The summed E-state index contributed by atoms with van der Waals surface area (Å²) in [5.41, 5.74) is 2.75. The molecule has 130 valence electrons. The lowest BCUT2D eigenvalue weighted by atomic mass is 10.0. The Labute approximate surface area is 151 Å². The average Bonchev–Trinajstić information content (AvgIpc) is 2.70. The largest absolute Gasteiger partial charge is 0.464 e. The fourth-order valence-corrected chi connectivity index (χ4v) is 2.64. The van der Waals surface area contributed by atoms with Crippen LogP contribution in [0.1, 0.15) is 16.1 Å². The number of ether oxygens (including phenoxy) is 1. The second-order valence-corrected chi connectivity index (χ2v) is 5.64. The number of carbonyl (C=O) groups is 2. The van der Waals surface area contributed by atoms with E-state index in [0.717, 1.165) is 21.9 Å². The van der Waals surface area contributed by atoms with Crippen molar-refractivity contribution in [2.75, 3.05) is 14.2 Å². The minimum Gasteiger partial charge on any atom is -0.464 e. The molecule has 0 fully saturated rings. The Balaban J connectivity index is 2.05. The van der Waals surface area contributed by atoms with Crippen molar-refractivity contribution in [2.24, 2.45) is 0 Å². The number of benzene rings is 2. The van der Waals surface area contributed by atoms with E-state index in [1.54, 1.807) is 19.2 Å². The second kappa shape index (κ2) is 7.61. The van der Waals surface area contributed by atoms with E-state index in [4.69, 9.17) is 4.74 Å². The van der Waals surface area contributed by atoms with Crippen LogP contribution in [0.5, 0.6) is 0 Å². The van der Waals surface area contributed by atoms with Gasteiger partial charge in [-0.15, -0.1) is 0 Å². The molecule has 0 bridgehead atoms. The van der Waals surface area contributed by atoms with Crippen molar-refractivity contribution in [1.29, 1.82) is 0 Å². The highest BCUT2D eigenvalue weighted by atomic mass is 16.5. The third-order valence-corrected chi connectivity index (χ3v) is 3.99. The Bertz CT molecular complexity index is 992. The molecule has 0 unspecified atom stereocenters. The zero-order valence-corrected chi connectivity index (χ0v) is 14.5. The lowest BCUT2D eigenvalue weighted by Crippen LogP contribution is -2.13. The second-order valence-electron chi connectivity index (χ2n) is 5.64. The maximum absolute atomic E-state index is 11.9. The van der Waals surface area contributed by atoms with Gasteiger partial charge in [0.1, 0.15) is 5.69 Å². The van der Waals surface area contributed by atoms with Crippen LogP contribution in [0.3, 0.4) is 0 Å². The monoisotopic (exact) mass is 346 g/mol. The van der Waals surface area contributed by atoms with E-state index in [9.17, 15) is 9.59 Å². The van der Waals surface area contributed by atoms with Gasteiger partial charge in [0.25, 0.3) is 0 Å². The normalized spacial score (nSPS) is 10.8. The van der Waals surface area contributed by atoms with Crippen molar-refractivity contribution in [2.45, 2.75) is 0 Å². The molecule has 0 aliphatic carbocycles. The summed E-state index contributed by atoms with van der Waals surface area (Å²) in [6.45, 7) is 0. The number of nitrogens with zero attached hydrogens (tertiary/aromatic N) is 1. The Kier molecular flexibility index (Phi) is 5.08. The van der Waals surface area contributed by atoms with E-state index in [0.29, 0.717) is 5.69 Å². The number of fused-ring (bicyclic) bond motifs is 1. The molecule has 1 heterocycles. The zero-order valence-electron chi connectivity index (χ0n) is 14.5. The minimum atomic E-state index is -0.470. The maximum atomic E-state index is 11.9. The summed E-state index contributed by atoms with van der Waals surface area (Å²) in [7, 11) is 2.92. The van der Waals surface area contributed by atoms with E-state index in [1.165, 1.54) is 13.2 Å². The fourth-order valence-electron chi connectivity index (χ4n) is 2.64. The standard InChI is InChI=1S/C21H18N2O3/c1-22-19(24)12-9-14-7-10-15(11-8-14)20-17-6-4-3-5-16(17)13-18(23-20)21(25)26-2/h3-13H,1-2H3,(H,22,24)/b12-9+. The number of esters is 1. The first-order valence-corrected chi connectivity index (χ1v) is 8.10. The van der Waals surface area contributed by atoms with Crippen LogP contribution >= 0.6 is 0 Å². The third-order valence-electron chi connectivity index (χ3n) is 3.99. The highest BCUT2D eigenvalue weighted by molar-refractivity contribution is 6.00. The Morgan fingerprint density at radius 1 is 1.08 bits per heavy atom. The summed E-state index contributed by atoms with van der Waals surface area (Å²) in [4.78, 5) is 27.7. The maximum Gasteiger partial charge on any atom is 0.356 e. The Morgan fingerprint density at radius 3 is 2.50 bits per heavy atom. The minimum absolute atomic E-state index is 0.160. The van der Waals surface area contributed by atoms with Gasteiger partial charge in [0.05, 0.1) is 12.8 Å². The number of hydrogen-bond acceptors (Lipinski definition) is 4. The smallest absolute Gasteiger partial charge is 0.356 e. The third kappa shape index (κ3) is 3.62. The van der Waals surface area contributed by atoms with Gasteiger partial charge in [0.15, 0.2) is 0 Å². The molecule has 0 saturated carbocycles. The first-order valence-electron chi connectivity index (χ1n) is 8.10. The summed E-state index contributed by atoms with van der Waals surface area (Å²) in [6.07, 6.45) is 3.21. The van der Waals surface area contributed by atoms with Crippen LogP contribution < -0.4 is 5.32 Å². The van der Waals surface area contributed by atoms with E-state index in [1.807, 2.05) is 48.5 Å². The number of nitrogens with one attached hydrogen (secondary N) is 1. The van der Waals surface area contributed by atoms with Crippen LogP contribution in [0, 0.1) is 0 Å². The van der Waals surface area contributed by atoms with Gasteiger partial charge in [-0.3, -0.25) is 4.79 Å². The van der Waals surface area contributed by atoms with Gasteiger partial charge in [-0.1, -0.05) is 48.5 Å². The molecule has 5 nitrogen and oxygen atoms in total. The number of likely N-dealkylation sites (N-methyl/N-ethyl adjacent to an activating group) is 1. The summed E-state index contributed by atoms with van der Waals surface area (Å²) in [5.74, 6) is -0.630. The van der Waals surface area contributed by atoms with Gasteiger partial charge in [0, 0.05) is 24.1 Å². The number of hydrogen-bond donors (Lipinski definition) is 1. The van der Waals surface area contributed by atoms with Crippen LogP contribution in [0.15, 0.2) is 60.7 Å². The van der Waals surface area contributed by atoms with E-state index in [2.05, 4.69) is 10.3 Å². The van der Waals surface area contributed by atoms with Crippen molar-refractivity contribution >= 4 is 28.7 Å². The molecular formula is C21H18N2O3. The quantitative estimate of drug-likeness (QED) is 0.580. The first kappa shape index (κ1) is 17.4. The highest BCUT2D eigenvalue weighted by Gasteiger charge is 2.13. The molecule has 0 saturated heterocycles. The summed E-state index contributed by atoms with van der Waals surface area (Å²) < 4.78 is 4.81. The molecule has 0 radical (unpaired) electrons. The predicted octanol–water partition coefficient (Wildman–Crippen LogP) is 3.45. The van der Waals surface area contributed by atoms with Crippen molar-refractivity contribution in [3.05, 3.63) is 71.9 Å². The van der Waals surface area contributed by atoms with Crippen LogP contribution in [0.2, 0.25) is 0 Å². The van der Waals surface area contributed by atoms with Gasteiger partial charge in [-0.25, -0.2) is 9.78 Å². The number of aromatic nitrogens is 1. The lowest BCUT2D eigenvalue weighted by molar-refractivity contribution is -0.115. The Morgan fingerprint density at radius 2 is 1.81 bits per heavy atom. The number of rotatable bonds is 4.